The lowest BCUT2D eigenvalue weighted by Gasteiger charge is -2.28. The number of carboxylic acids is 1. The van der Waals surface area contributed by atoms with Gasteiger partial charge in [0.25, 0.3) is 0 Å². The predicted molar refractivity (Wildman–Crippen MR) is 64.3 cm³/mol. The fourth-order valence-corrected chi connectivity index (χ4v) is 2.41. The molecule has 1 amide bonds. The monoisotopic (exact) mass is 305 g/mol. The molecule has 1 aliphatic heterocycles. The Kier molecular flexibility index (Phi) is 3.68. The molecule has 2 heterocycles. The number of hydrogen-bond donors (Lipinski definition) is 1. The third-order valence-electron chi connectivity index (χ3n) is 3.81. The second-order valence-electron chi connectivity index (χ2n) is 5.06. The van der Waals surface area contributed by atoms with Gasteiger partial charge in [-0.15, -0.1) is 0 Å². The first-order valence-corrected chi connectivity index (χ1v) is 6.27. The normalized spacial score (nSPS) is 24.1. The van der Waals surface area contributed by atoms with Crippen molar-refractivity contribution in [2.75, 3.05) is 13.1 Å². The summed E-state index contributed by atoms with van der Waals surface area (Å²) < 4.78 is 40.4. The van der Waals surface area contributed by atoms with E-state index in [4.69, 9.17) is 5.11 Å². The van der Waals surface area contributed by atoms with Gasteiger partial charge in [0, 0.05) is 25.5 Å². The number of amides is 1. The Balaban J connectivity index is 2.18. The van der Waals surface area contributed by atoms with Gasteiger partial charge in [0.15, 0.2) is 5.41 Å². The Labute approximate surface area is 118 Å². The number of nitrogens with zero attached hydrogens (tertiary/aromatic N) is 3. The molecule has 6 nitrogen and oxygen atoms in total. The van der Waals surface area contributed by atoms with E-state index in [1.165, 1.54) is 24.0 Å². The summed E-state index contributed by atoms with van der Waals surface area (Å²) in [7, 11) is 0. The molecule has 1 aliphatic rings. The number of aromatic nitrogens is 2. The zero-order chi connectivity index (χ0) is 15.8. The zero-order valence-corrected chi connectivity index (χ0v) is 11.2. The van der Waals surface area contributed by atoms with Gasteiger partial charge < -0.3 is 10.0 Å². The molecule has 2 unspecified atom stereocenters. The van der Waals surface area contributed by atoms with E-state index in [2.05, 4.69) is 5.10 Å². The third-order valence-corrected chi connectivity index (χ3v) is 3.81. The van der Waals surface area contributed by atoms with Crippen LogP contribution in [0.3, 0.4) is 0 Å². The van der Waals surface area contributed by atoms with Gasteiger partial charge in [-0.3, -0.25) is 14.3 Å². The molecule has 0 aromatic carbocycles. The van der Waals surface area contributed by atoms with Crippen LogP contribution in [0, 0.1) is 5.41 Å². The van der Waals surface area contributed by atoms with Gasteiger partial charge >= 0.3 is 12.1 Å². The first-order chi connectivity index (χ1) is 9.69. The van der Waals surface area contributed by atoms with Crippen LogP contribution in [0.15, 0.2) is 18.5 Å². The Hall–Kier alpha value is -2.06. The smallest absolute Gasteiger partial charge is 0.406 e. The van der Waals surface area contributed by atoms with Crippen molar-refractivity contribution < 1.29 is 27.9 Å². The third kappa shape index (κ3) is 2.47. The lowest BCUT2D eigenvalue weighted by Crippen LogP contribution is -2.48. The molecule has 1 fully saturated rings. The van der Waals surface area contributed by atoms with Crippen molar-refractivity contribution in [2.24, 2.45) is 5.41 Å². The summed E-state index contributed by atoms with van der Waals surface area (Å²) in [5, 5.41) is 12.8. The summed E-state index contributed by atoms with van der Waals surface area (Å²) in [6.45, 7) is 0.399. The maximum atomic E-state index is 13.0. The minimum atomic E-state index is -4.90. The largest absolute Gasteiger partial charge is 0.481 e. The Morgan fingerprint density at radius 2 is 2.10 bits per heavy atom. The molecule has 0 spiro atoms. The molecule has 1 aromatic heterocycles. The molecule has 0 saturated carbocycles. The van der Waals surface area contributed by atoms with Crippen molar-refractivity contribution in [1.82, 2.24) is 14.7 Å². The molecular formula is C12H14F3N3O3. The molecule has 116 valence electrons. The van der Waals surface area contributed by atoms with E-state index in [9.17, 15) is 22.8 Å². The second kappa shape index (κ2) is 5.05. The van der Waals surface area contributed by atoms with E-state index in [-0.39, 0.29) is 6.54 Å². The molecule has 1 saturated heterocycles. The number of aliphatic carboxylic acids is 1. The van der Waals surface area contributed by atoms with Gasteiger partial charge in [0.2, 0.25) is 5.91 Å². The van der Waals surface area contributed by atoms with Gasteiger partial charge in [0.05, 0.1) is 0 Å². The summed E-state index contributed by atoms with van der Waals surface area (Å²) in [6.07, 6.45) is -2.57. The summed E-state index contributed by atoms with van der Waals surface area (Å²) >= 11 is 0. The topological polar surface area (TPSA) is 75.4 Å². The van der Waals surface area contributed by atoms with Crippen LogP contribution in [0.2, 0.25) is 0 Å². The Bertz CT molecular complexity index is 544. The molecule has 0 aliphatic carbocycles. The molecular weight excluding hydrogens is 291 g/mol. The van der Waals surface area contributed by atoms with Crippen LogP contribution >= 0.6 is 0 Å². The number of halogens is 3. The fourth-order valence-electron chi connectivity index (χ4n) is 2.41. The lowest BCUT2D eigenvalue weighted by molar-refractivity contribution is -0.227. The summed E-state index contributed by atoms with van der Waals surface area (Å²) in [5.41, 5.74) is -2.88. The zero-order valence-electron chi connectivity index (χ0n) is 11.2. The average molecular weight is 305 g/mol. The predicted octanol–water partition coefficient (Wildman–Crippen LogP) is 1.31. The Morgan fingerprint density at radius 3 is 2.52 bits per heavy atom. The van der Waals surface area contributed by atoms with E-state index in [1.54, 1.807) is 6.07 Å². The highest BCUT2D eigenvalue weighted by Gasteiger charge is 2.64. The highest BCUT2D eigenvalue weighted by molar-refractivity contribution is 5.83. The number of carbonyl (C=O) groups excluding carboxylic acids is 1. The van der Waals surface area contributed by atoms with Crippen molar-refractivity contribution in [1.29, 1.82) is 0 Å². The van der Waals surface area contributed by atoms with E-state index >= 15 is 0 Å². The minimum absolute atomic E-state index is 0.240. The highest BCUT2D eigenvalue weighted by atomic mass is 19.4. The van der Waals surface area contributed by atoms with E-state index in [0.29, 0.717) is 0 Å². The first-order valence-electron chi connectivity index (χ1n) is 6.27. The first kappa shape index (κ1) is 15.3. The standard InChI is InChI=1S/C12H14F3N3O3/c1-8(18-5-2-4-16-18)9(19)17-6-3-11(7-17,10(20)21)12(13,14)15/h2,4-5,8H,3,6-7H2,1H3,(H,20,21). The number of alkyl halides is 3. The molecule has 1 aromatic rings. The van der Waals surface area contributed by atoms with Crippen LogP contribution < -0.4 is 0 Å². The van der Waals surface area contributed by atoms with Gasteiger partial charge in [-0.25, -0.2) is 0 Å². The molecule has 0 radical (unpaired) electrons. The maximum Gasteiger partial charge on any atom is 0.406 e. The van der Waals surface area contributed by atoms with Gasteiger partial charge in [-0.05, 0) is 19.4 Å². The number of carbonyl (C=O) groups is 2. The number of carboxylic acid groups (broad SMARTS) is 1. The molecule has 2 rings (SSSR count). The quantitative estimate of drug-likeness (QED) is 0.913. The van der Waals surface area contributed by atoms with Crippen molar-refractivity contribution in [2.45, 2.75) is 25.6 Å². The van der Waals surface area contributed by atoms with Gasteiger partial charge in [-0.2, -0.15) is 18.3 Å². The average Bonchev–Trinajstić information content (AvgIpc) is 3.05. The summed E-state index contributed by atoms with van der Waals surface area (Å²) in [6, 6.07) is 0.809. The number of rotatable bonds is 3. The summed E-state index contributed by atoms with van der Waals surface area (Å²) in [4.78, 5) is 24.2. The summed E-state index contributed by atoms with van der Waals surface area (Å²) in [5.74, 6) is -2.52. The van der Waals surface area contributed by atoms with Crippen LogP contribution in [0.4, 0.5) is 13.2 Å². The van der Waals surface area contributed by atoms with Crippen LogP contribution in [-0.4, -0.2) is 50.9 Å². The van der Waals surface area contributed by atoms with Crippen molar-refractivity contribution in [3.63, 3.8) is 0 Å². The maximum absolute atomic E-state index is 13.0. The SMILES string of the molecule is CC(C(=O)N1CCC(C(=O)O)(C(F)(F)F)C1)n1cccn1. The molecule has 0 bridgehead atoms. The van der Waals surface area contributed by atoms with Crippen molar-refractivity contribution in [3.8, 4) is 0 Å². The highest BCUT2D eigenvalue weighted by Crippen LogP contribution is 2.46. The Morgan fingerprint density at radius 1 is 1.43 bits per heavy atom. The van der Waals surface area contributed by atoms with E-state index < -0.39 is 42.5 Å². The molecule has 21 heavy (non-hydrogen) atoms. The molecule has 9 heteroatoms. The lowest BCUT2D eigenvalue weighted by atomic mass is 9.86. The fraction of sp³-hybridized carbons (Fsp3) is 0.583. The van der Waals surface area contributed by atoms with E-state index in [0.717, 1.165) is 4.90 Å². The van der Waals surface area contributed by atoms with Crippen LogP contribution in [0.1, 0.15) is 19.4 Å². The van der Waals surface area contributed by atoms with Crippen LogP contribution in [0.25, 0.3) is 0 Å². The van der Waals surface area contributed by atoms with Crippen LogP contribution in [0.5, 0.6) is 0 Å². The van der Waals surface area contributed by atoms with E-state index in [1.807, 2.05) is 0 Å². The van der Waals surface area contributed by atoms with Gasteiger partial charge in [0.1, 0.15) is 6.04 Å². The van der Waals surface area contributed by atoms with Crippen molar-refractivity contribution >= 4 is 11.9 Å². The van der Waals surface area contributed by atoms with Crippen LogP contribution in [-0.2, 0) is 9.59 Å². The molecule has 2 atom stereocenters. The molecule has 1 N–H and O–H groups in total. The number of hydrogen-bond acceptors (Lipinski definition) is 3. The second-order valence-corrected chi connectivity index (χ2v) is 5.06. The van der Waals surface area contributed by atoms with Crippen molar-refractivity contribution in [3.05, 3.63) is 18.5 Å². The minimum Gasteiger partial charge on any atom is -0.481 e. The number of likely N-dealkylation sites (tertiary alicyclic amines) is 1. The van der Waals surface area contributed by atoms with Gasteiger partial charge in [-0.1, -0.05) is 0 Å².